The molecule has 0 rings (SSSR count). The summed E-state index contributed by atoms with van der Waals surface area (Å²) in [5, 5.41) is 0. The van der Waals surface area contributed by atoms with E-state index in [4.69, 9.17) is 14.2 Å². The Bertz CT molecular complexity index is 146. The number of hydrogen-bond donors (Lipinski definition) is 0. The van der Waals surface area contributed by atoms with Crippen LogP contribution in [0.3, 0.4) is 0 Å². The molecule has 1 unspecified atom stereocenters. The Hall–Kier alpha value is -0.120. The molecule has 98 valence electrons. The molecule has 3 heteroatoms. The van der Waals surface area contributed by atoms with E-state index < -0.39 is 0 Å². The lowest BCUT2D eigenvalue weighted by Crippen LogP contribution is -2.20. The average molecular weight is 232 g/mol. The normalized spacial score (nSPS) is 13.7. The molecule has 0 aliphatic rings. The van der Waals surface area contributed by atoms with Crippen LogP contribution in [0.2, 0.25) is 0 Å². The summed E-state index contributed by atoms with van der Waals surface area (Å²) in [6.45, 7) is 14.2. The zero-order valence-corrected chi connectivity index (χ0v) is 11.5. The predicted molar refractivity (Wildman–Crippen MR) is 66.7 cm³/mol. The summed E-state index contributed by atoms with van der Waals surface area (Å²) in [5.74, 6) is 1.17. The van der Waals surface area contributed by atoms with Crippen molar-refractivity contribution in [3.63, 3.8) is 0 Å². The first kappa shape index (κ1) is 15.9. The van der Waals surface area contributed by atoms with Crippen molar-refractivity contribution in [2.45, 2.75) is 40.7 Å². The molecule has 0 bridgehead atoms. The highest BCUT2D eigenvalue weighted by molar-refractivity contribution is 4.49. The molecule has 0 spiro atoms. The number of hydrogen-bond acceptors (Lipinski definition) is 3. The lowest BCUT2D eigenvalue weighted by Gasteiger charge is -2.14. The molecule has 0 aromatic carbocycles. The maximum absolute atomic E-state index is 5.56. The van der Waals surface area contributed by atoms with E-state index in [-0.39, 0.29) is 6.10 Å². The summed E-state index contributed by atoms with van der Waals surface area (Å²) in [4.78, 5) is 0. The van der Waals surface area contributed by atoms with E-state index in [0.29, 0.717) is 31.7 Å². The molecular weight excluding hydrogens is 204 g/mol. The summed E-state index contributed by atoms with van der Waals surface area (Å²) in [7, 11) is 0. The summed E-state index contributed by atoms with van der Waals surface area (Å²) in [6.07, 6.45) is 0.154. The number of ether oxygens (including phenoxy) is 3. The fourth-order valence-corrected chi connectivity index (χ4v) is 1.15. The van der Waals surface area contributed by atoms with Gasteiger partial charge in [0.1, 0.15) is 0 Å². The van der Waals surface area contributed by atoms with E-state index in [1.807, 2.05) is 6.92 Å². The third kappa shape index (κ3) is 12.0. The first-order chi connectivity index (χ1) is 7.52. The molecule has 0 amide bonds. The standard InChI is InChI=1S/C13H28O3/c1-11(2)8-14-6-7-16-13(5)10-15-9-12(3)4/h11-13H,6-10H2,1-5H3. The fourth-order valence-electron chi connectivity index (χ4n) is 1.15. The largest absolute Gasteiger partial charge is 0.379 e. The van der Waals surface area contributed by atoms with Gasteiger partial charge in [-0.1, -0.05) is 27.7 Å². The van der Waals surface area contributed by atoms with E-state index in [9.17, 15) is 0 Å². The van der Waals surface area contributed by atoms with Gasteiger partial charge in [-0.2, -0.15) is 0 Å². The predicted octanol–water partition coefficient (Wildman–Crippen LogP) is 2.74. The maximum Gasteiger partial charge on any atom is 0.0781 e. The van der Waals surface area contributed by atoms with Gasteiger partial charge in [0.15, 0.2) is 0 Å². The first-order valence-corrected chi connectivity index (χ1v) is 6.29. The topological polar surface area (TPSA) is 27.7 Å². The maximum atomic E-state index is 5.56. The average Bonchev–Trinajstić information content (AvgIpc) is 2.16. The van der Waals surface area contributed by atoms with Crippen LogP contribution in [-0.4, -0.2) is 39.1 Å². The summed E-state index contributed by atoms with van der Waals surface area (Å²) in [5.41, 5.74) is 0. The van der Waals surface area contributed by atoms with Gasteiger partial charge in [-0.25, -0.2) is 0 Å². The van der Waals surface area contributed by atoms with Crippen LogP contribution in [-0.2, 0) is 14.2 Å². The third-order valence-corrected chi connectivity index (χ3v) is 1.88. The van der Waals surface area contributed by atoms with Gasteiger partial charge in [-0.05, 0) is 18.8 Å². The fraction of sp³-hybridized carbons (Fsp3) is 1.00. The summed E-state index contributed by atoms with van der Waals surface area (Å²) in [6, 6.07) is 0. The molecule has 0 saturated heterocycles. The molecule has 0 fully saturated rings. The molecule has 0 aromatic heterocycles. The Kier molecular flexibility index (Phi) is 9.99. The lowest BCUT2D eigenvalue weighted by atomic mass is 10.2. The van der Waals surface area contributed by atoms with Gasteiger partial charge in [-0.3, -0.25) is 0 Å². The van der Waals surface area contributed by atoms with E-state index >= 15 is 0 Å². The van der Waals surface area contributed by atoms with Gasteiger partial charge in [0, 0.05) is 13.2 Å². The SMILES string of the molecule is CC(C)COCCOC(C)COCC(C)C. The van der Waals surface area contributed by atoms with Crippen molar-refractivity contribution in [2.24, 2.45) is 11.8 Å². The Morgan fingerprint density at radius 1 is 0.688 bits per heavy atom. The molecular formula is C13H28O3. The molecule has 16 heavy (non-hydrogen) atoms. The van der Waals surface area contributed by atoms with Gasteiger partial charge in [0.2, 0.25) is 0 Å². The summed E-state index contributed by atoms with van der Waals surface area (Å²) >= 11 is 0. The van der Waals surface area contributed by atoms with Crippen LogP contribution < -0.4 is 0 Å². The van der Waals surface area contributed by atoms with E-state index in [2.05, 4.69) is 27.7 Å². The number of rotatable bonds is 10. The molecule has 0 aliphatic carbocycles. The molecule has 1 atom stereocenters. The van der Waals surface area contributed by atoms with Crippen molar-refractivity contribution < 1.29 is 14.2 Å². The van der Waals surface area contributed by atoms with Crippen molar-refractivity contribution in [3.05, 3.63) is 0 Å². The van der Waals surface area contributed by atoms with Crippen LogP contribution in [0.5, 0.6) is 0 Å². The molecule has 0 saturated carbocycles. The Labute approximate surface area is 100 Å². The Morgan fingerprint density at radius 2 is 1.25 bits per heavy atom. The van der Waals surface area contributed by atoms with Gasteiger partial charge in [0.25, 0.3) is 0 Å². The van der Waals surface area contributed by atoms with Crippen LogP contribution >= 0.6 is 0 Å². The van der Waals surface area contributed by atoms with Gasteiger partial charge in [-0.15, -0.1) is 0 Å². The van der Waals surface area contributed by atoms with Gasteiger partial charge in [0.05, 0.1) is 25.9 Å². The van der Waals surface area contributed by atoms with E-state index in [0.717, 1.165) is 13.2 Å². The molecule has 0 radical (unpaired) electrons. The van der Waals surface area contributed by atoms with E-state index in [1.54, 1.807) is 0 Å². The second kappa shape index (κ2) is 10.1. The molecule has 0 heterocycles. The molecule has 3 nitrogen and oxygen atoms in total. The molecule has 0 aromatic rings. The van der Waals surface area contributed by atoms with E-state index in [1.165, 1.54) is 0 Å². The summed E-state index contributed by atoms with van der Waals surface area (Å²) < 4.78 is 16.5. The highest BCUT2D eigenvalue weighted by atomic mass is 16.5. The minimum Gasteiger partial charge on any atom is -0.379 e. The third-order valence-electron chi connectivity index (χ3n) is 1.88. The second-order valence-corrected chi connectivity index (χ2v) is 5.08. The zero-order chi connectivity index (χ0) is 12.4. The highest BCUT2D eigenvalue weighted by Crippen LogP contribution is 1.97. The van der Waals surface area contributed by atoms with Crippen LogP contribution in [0, 0.1) is 11.8 Å². The highest BCUT2D eigenvalue weighted by Gasteiger charge is 2.03. The zero-order valence-electron chi connectivity index (χ0n) is 11.5. The van der Waals surface area contributed by atoms with Crippen molar-refractivity contribution in [1.82, 2.24) is 0 Å². The lowest BCUT2D eigenvalue weighted by molar-refractivity contribution is -0.0361. The van der Waals surface area contributed by atoms with Gasteiger partial charge < -0.3 is 14.2 Å². The monoisotopic (exact) mass is 232 g/mol. The molecule has 0 aliphatic heterocycles. The van der Waals surface area contributed by atoms with Crippen LogP contribution in [0.15, 0.2) is 0 Å². The van der Waals surface area contributed by atoms with Crippen LogP contribution in [0.1, 0.15) is 34.6 Å². The van der Waals surface area contributed by atoms with Crippen LogP contribution in [0.25, 0.3) is 0 Å². The quantitative estimate of drug-likeness (QED) is 0.542. The van der Waals surface area contributed by atoms with Crippen molar-refractivity contribution in [3.8, 4) is 0 Å². The minimum absolute atomic E-state index is 0.154. The van der Waals surface area contributed by atoms with Crippen molar-refractivity contribution >= 4 is 0 Å². The first-order valence-electron chi connectivity index (χ1n) is 6.29. The van der Waals surface area contributed by atoms with Crippen molar-refractivity contribution in [2.75, 3.05) is 33.0 Å². The smallest absolute Gasteiger partial charge is 0.0781 e. The Morgan fingerprint density at radius 3 is 1.81 bits per heavy atom. The second-order valence-electron chi connectivity index (χ2n) is 5.08. The van der Waals surface area contributed by atoms with Crippen LogP contribution in [0.4, 0.5) is 0 Å². The van der Waals surface area contributed by atoms with Gasteiger partial charge >= 0.3 is 0 Å². The minimum atomic E-state index is 0.154. The molecule has 0 N–H and O–H groups in total. The van der Waals surface area contributed by atoms with Crippen molar-refractivity contribution in [1.29, 1.82) is 0 Å². The Balaban J connectivity index is 3.20.